The van der Waals surface area contributed by atoms with Crippen LogP contribution in [0, 0.1) is 11.6 Å². The van der Waals surface area contributed by atoms with E-state index in [1.165, 1.54) is 22.7 Å². The van der Waals surface area contributed by atoms with Gasteiger partial charge in [0, 0.05) is 12.3 Å². The number of aryl methyl sites for hydroxylation is 1. The maximum atomic E-state index is 14.6. The van der Waals surface area contributed by atoms with E-state index in [9.17, 15) is 13.6 Å². The van der Waals surface area contributed by atoms with E-state index in [1.807, 2.05) is 6.92 Å². The Bertz CT molecular complexity index is 1180. The van der Waals surface area contributed by atoms with Crippen LogP contribution in [0.15, 0.2) is 35.6 Å². The normalized spacial score (nSPS) is 13.8. The molecule has 2 aromatic heterocycles. The Morgan fingerprint density at radius 3 is 2.74 bits per heavy atom. The van der Waals surface area contributed by atoms with E-state index in [0.29, 0.717) is 61.6 Å². The molecule has 1 aliphatic rings. The van der Waals surface area contributed by atoms with Gasteiger partial charge in [-0.3, -0.25) is 4.40 Å². The fraction of sp³-hybridized carbons (Fsp3) is 0.250. The van der Waals surface area contributed by atoms with Gasteiger partial charge in [0.1, 0.15) is 11.5 Å². The van der Waals surface area contributed by atoms with E-state index < -0.39 is 17.5 Å². The molecule has 1 aliphatic heterocycles. The zero-order valence-corrected chi connectivity index (χ0v) is 21.9. The molecule has 0 radical (unpaired) electrons. The van der Waals surface area contributed by atoms with Crippen LogP contribution in [0.5, 0.6) is 0 Å². The average molecular weight is 636 g/mol. The van der Waals surface area contributed by atoms with Gasteiger partial charge in [-0.15, -0.1) is 0 Å². The number of carbonyl (C=O) groups is 1. The van der Waals surface area contributed by atoms with Crippen LogP contribution in [0.3, 0.4) is 0 Å². The summed E-state index contributed by atoms with van der Waals surface area (Å²) in [5, 5.41) is 8.57. The second kappa shape index (κ2) is 9.07. The van der Waals surface area contributed by atoms with E-state index >= 15 is 0 Å². The van der Waals surface area contributed by atoms with Crippen LogP contribution < -0.4 is 10.3 Å². The second-order valence-corrected chi connectivity index (χ2v) is 10.0. The van der Waals surface area contributed by atoms with Crippen LogP contribution in [0.2, 0.25) is 5.02 Å². The van der Waals surface area contributed by atoms with Gasteiger partial charge in [-0.05, 0) is 6.42 Å². The van der Waals surface area contributed by atoms with Crippen molar-refractivity contribution in [2.45, 2.75) is 19.9 Å². The Morgan fingerprint density at radius 1 is 1.26 bits per heavy atom. The molecule has 1 aromatic carbocycles. The van der Waals surface area contributed by atoms with Crippen molar-refractivity contribution >= 4 is 61.2 Å². The van der Waals surface area contributed by atoms with Crippen LogP contribution in [0.25, 0.3) is 5.65 Å². The molecule has 0 unspecified atom stereocenters. The minimum absolute atomic E-state index is 0.103. The summed E-state index contributed by atoms with van der Waals surface area (Å²) in [4.78, 5) is 17.2. The van der Waals surface area contributed by atoms with Gasteiger partial charge in [-0.25, -0.2) is 9.37 Å². The third kappa shape index (κ3) is 4.52. The minimum atomic E-state index is -0.600. The molecule has 0 atom stereocenters. The van der Waals surface area contributed by atoms with Gasteiger partial charge >= 0.3 is 126 Å². The van der Waals surface area contributed by atoms with Gasteiger partial charge in [0.15, 0.2) is 0 Å². The van der Waals surface area contributed by atoms with Crippen molar-refractivity contribution in [3.05, 3.63) is 64.1 Å². The molecule has 0 saturated carbocycles. The number of hydrogen-bond acceptors (Lipinski definition) is 5. The Hall–Kier alpha value is -2.28. The molecule has 0 saturated heterocycles. The number of nitrogens with zero attached hydrogens (tertiary/aromatic N) is 5. The van der Waals surface area contributed by atoms with E-state index in [-0.39, 0.29) is 17.3 Å². The number of aromatic nitrogens is 2. The number of amides is 1. The predicted octanol–water partition coefficient (Wildman–Crippen LogP) is 2.91. The molecule has 31 heavy (non-hydrogen) atoms. The molecule has 158 valence electrons. The molecule has 0 aliphatic carbocycles. The van der Waals surface area contributed by atoms with Crippen molar-refractivity contribution in [3.8, 4) is 0 Å². The van der Waals surface area contributed by atoms with E-state index in [0.717, 1.165) is 6.54 Å². The summed E-state index contributed by atoms with van der Waals surface area (Å²) in [5.74, 6) is -1.40. The summed E-state index contributed by atoms with van der Waals surface area (Å²) in [6, 6.07) is 6.00. The van der Waals surface area contributed by atoms with Crippen molar-refractivity contribution in [2.24, 2.45) is 5.10 Å². The number of anilines is 1. The first-order valence-electron chi connectivity index (χ1n) is 9.63. The standard InChI is InChI=1S/C20H19ClF2N6O.Tl/c1-2-16-19(28-10-13(21)14(22)8-18(28)27-16)20(30)25-9-12-3-4-17(15(23)7-12)29-6-5-24-11-26-29;/h3-4,7-8,10-11H,2,5-6,9H2,1H3,(H2,24,25,26,30);/q;+1/p-1. The maximum absolute atomic E-state index is 14.6. The first-order chi connectivity index (χ1) is 14.9. The van der Waals surface area contributed by atoms with E-state index in [1.54, 1.807) is 23.5 Å². The average Bonchev–Trinajstić information content (AvgIpc) is 3.10. The van der Waals surface area contributed by atoms with E-state index in [2.05, 4.69) is 18.1 Å². The molecule has 11 heteroatoms. The van der Waals surface area contributed by atoms with Gasteiger partial charge in [-0.2, -0.15) is 0 Å². The van der Waals surface area contributed by atoms with Gasteiger partial charge < -0.3 is 0 Å². The number of fused-ring (bicyclic) bond motifs is 1. The number of benzene rings is 1. The van der Waals surface area contributed by atoms with Crippen LogP contribution in [-0.4, -0.2) is 63.5 Å². The van der Waals surface area contributed by atoms with Crippen molar-refractivity contribution in [2.75, 3.05) is 18.1 Å². The van der Waals surface area contributed by atoms with Gasteiger partial charge in [0.2, 0.25) is 0 Å². The Balaban J connectivity index is 1.52. The van der Waals surface area contributed by atoms with Crippen molar-refractivity contribution in [1.29, 1.82) is 0 Å². The first-order valence-corrected chi connectivity index (χ1v) is 12.0. The molecule has 1 amide bonds. The van der Waals surface area contributed by atoms with Crippen LogP contribution in [0.4, 0.5) is 14.5 Å². The SMILES string of the molecule is CCc1nc2cc(F)c(Cl)cn2c1C(=O)NCc1ccc(N2CC[N]([Tl])C=N2)c(F)c1. The van der Waals surface area contributed by atoms with Crippen molar-refractivity contribution in [1.82, 2.24) is 17.4 Å². The monoisotopic (exact) mass is 636 g/mol. The Kier molecular flexibility index (Phi) is 6.42. The molecule has 7 nitrogen and oxygen atoms in total. The molecule has 4 rings (SSSR count). The van der Waals surface area contributed by atoms with Gasteiger partial charge in [-0.1, -0.05) is 18.5 Å². The molecular weight excluding hydrogens is 618 g/mol. The number of hydrazone groups is 1. The quantitative estimate of drug-likeness (QED) is 0.438. The topological polar surface area (TPSA) is 65.2 Å². The molecule has 1 N–H and O–H groups in total. The molecule has 3 heterocycles. The third-order valence-corrected chi connectivity index (χ3v) is 6.74. The fourth-order valence-electron chi connectivity index (χ4n) is 3.35. The molecule has 0 spiro atoms. The Labute approximate surface area is 198 Å². The number of nitrogens with one attached hydrogen (secondary N) is 1. The predicted molar refractivity (Wildman–Crippen MR) is 115 cm³/mol. The molecule has 0 fully saturated rings. The van der Waals surface area contributed by atoms with Crippen molar-refractivity contribution in [3.63, 3.8) is 0 Å². The van der Waals surface area contributed by atoms with Crippen LogP contribution in [0.1, 0.15) is 28.7 Å². The van der Waals surface area contributed by atoms with E-state index in [4.69, 9.17) is 11.6 Å². The molecule has 0 bridgehead atoms. The summed E-state index contributed by atoms with van der Waals surface area (Å²) in [5.41, 5.74) is 2.12. The number of imidazole rings is 1. The summed E-state index contributed by atoms with van der Waals surface area (Å²) in [6.07, 6.45) is 3.55. The number of carbonyl (C=O) groups excluding carboxylic acids is 1. The number of pyridine rings is 1. The summed E-state index contributed by atoms with van der Waals surface area (Å²) in [7, 11) is 0. The number of hydrogen-bond donors (Lipinski definition) is 1. The summed E-state index contributed by atoms with van der Waals surface area (Å²) in [6.45, 7) is 3.42. The third-order valence-electron chi connectivity index (χ3n) is 4.94. The Morgan fingerprint density at radius 2 is 2.06 bits per heavy atom. The first kappa shape index (κ1) is 21.9. The second-order valence-electron chi connectivity index (χ2n) is 7.02. The van der Waals surface area contributed by atoms with Gasteiger partial charge in [0.25, 0.3) is 0 Å². The fourth-order valence-corrected chi connectivity index (χ4v) is 4.18. The molecule has 3 aromatic rings. The van der Waals surface area contributed by atoms with Crippen molar-refractivity contribution < 1.29 is 13.6 Å². The number of rotatable bonds is 5. The zero-order chi connectivity index (χ0) is 22.1. The molecular formula is C20H18ClF2N6OTl. The van der Waals surface area contributed by atoms with Crippen LogP contribution in [-0.2, 0) is 13.0 Å². The van der Waals surface area contributed by atoms with Crippen LogP contribution >= 0.6 is 11.6 Å². The van der Waals surface area contributed by atoms with Gasteiger partial charge in [0.05, 0.1) is 10.7 Å². The number of halogens is 3. The summed E-state index contributed by atoms with van der Waals surface area (Å²) < 4.78 is 32.0. The zero-order valence-electron chi connectivity index (χ0n) is 16.6. The summed E-state index contributed by atoms with van der Waals surface area (Å²) >= 11 is 6.55.